The largest absolute Gasteiger partial charge is 0.396 e. The highest BCUT2D eigenvalue weighted by Crippen LogP contribution is 1.85. The van der Waals surface area contributed by atoms with Gasteiger partial charge in [0, 0.05) is 13.0 Å². The van der Waals surface area contributed by atoms with Crippen molar-refractivity contribution in [3.8, 4) is 23.7 Å². The fourth-order valence-corrected chi connectivity index (χ4v) is 0.503. The summed E-state index contributed by atoms with van der Waals surface area (Å²) >= 11 is 0. The van der Waals surface area contributed by atoms with Crippen molar-refractivity contribution in [2.45, 2.75) is 12.5 Å². The van der Waals surface area contributed by atoms with Gasteiger partial charge in [0.05, 0.1) is 6.61 Å². The maximum atomic E-state index is 8.99. The molecule has 0 spiro atoms. The molecular formula is C10H12O3. The first-order valence-electron chi connectivity index (χ1n) is 3.87. The van der Waals surface area contributed by atoms with Gasteiger partial charge in [0.25, 0.3) is 0 Å². The SMILES string of the molecule is OC/C=C/C#CC#C[C@H](O)CCO. The summed E-state index contributed by atoms with van der Waals surface area (Å²) in [5.74, 6) is 9.86. The molecule has 0 radical (unpaired) electrons. The molecule has 0 fully saturated rings. The first-order valence-corrected chi connectivity index (χ1v) is 3.87. The van der Waals surface area contributed by atoms with Crippen LogP contribution in [-0.2, 0) is 0 Å². The molecule has 0 amide bonds. The second-order valence-corrected chi connectivity index (χ2v) is 2.15. The van der Waals surface area contributed by atoms with Crippen molar-refractivity contribution in [2.24, 2.45) is 0 Å². The van der Waals surface area contributed by atoms with E-state index in [-0.39, 0.29) is 19.6 Å². The van der Waals surface area contributed by atoms with Crippen LogP contribution in [0.2, 0.25) is 0 Å². The Hall–Kier alpha value is -1.26. The van der Waals surface area contributed by atoms with Crippen molar-refractivity contribution in [3.63, 3.8) is 0 Å². The lowest BCUT2D eigenvalue weighted by Crippen LogP contribution is -2.04. The molecule has 70 valence electrons. The Morgan fingerprint density at radius 3 is 2.62 bits per heavy atom. The summed E-state index contributed by atoms with van der Waals surface area (Å²) in [4.78, 5) is 0. The zero-order valence-electron chi connectivity index (χ0n) is 7.20. The molecule has 0 unspecified atom stereocenters. The molecule has 0 aromatic heterocycles. The van der Waals surface area contributed by atoms with Crippen molar-refractivity contribution in [1.82, 2.24) is 0 Å². The molecule has 0 saturated heterocycles. The third kappa shape index (κ3) is 8.65. The van der Waals surface area contributed by atoms with Crippen LogP contribution in [0.15, 0.2) is 12.2 Å². The van der Waals surface area contributed by atoms with E-state index in [0.717, 1.165) is 0 Å². The fourth-order valence-electron chi connectivity index (χ4n) is 0.503. The minimum atomic E-state index is -0.818. The van der Waals surface area contributed by atoms with E-state index in [1.165, 1.54) is 12.2 Å². The summed E-state index contributed by atoms with van der Waals surface area (Å²) in [6.45, 7) is -0.136. The average Bonchev–Trinajstić information content (AvgIpc) is 2.11. The van der Waals surface area contributed by atoms with Crippen LogP contribution < -0.4 is 0 Å². The summed E-state index contributed by atoms with van der Waals surface area (Å²) in [5.41, 5.74) is 0. The second-order valence-electron chi connectivity index (χ2n) is 2.15. The molecule has 3 N–H and O–H groups in total. The number of hydrogen-bond acceptors (Lipinski definition) is 3. The topological polar surface area (TPSA) is 60.7 Å². The molecule has 0 rings (SSSR count). The van der Waals surface area contributed by atoms with E-state index in [0.29, 0.717) is 0 Å². The lowest BCUT2D eigenvalue weighted by molar-refractivity contribution is 0.177. The summed E-state index contributed by atoms with van der Waals surface area (Å²) < 4.78 is 0. The molecule has 3 nitrogen and oxygen atoms in total. The Labute approximate surface area is 77.7 Å². The molecule has 0 aliphatic rings. The number of aliphatic hydroxyl groups excluding tert-OH is 3. The van der Waals surface area contributed by atoms with E-state index in [9.17, 15) is 0 Å². The van der Waals surface area contributed by atoms with Crippen LogP contribution in [0, 0.1) is 23.7 Å². The van der Waals surface area contributed by atoms with Crippen LogP contribution in [0.3, 0.4) is 0 Å². The normalized spacial score (nSPS) is 11.3. The van der Waals surface area contributed by atoms with Crippen LogP contribution in [0.5, 0.6) is 0 Å². The third-order valence-electron chi connectivity index (χ3n) is 1.08. The Kier molecular flexibility index (Phi) is 7.98. The lowest BCUT2D eigenvalue weighted by Gasteiger charge is -1.95. The highest BCUT2D eigenvalue weighted by molar-refractivity contribution is 5.31. The van der Waals surface area contributed by atoms with E-state index in [2.05, 4.69) is 23.7 Å². The van der Waals surface area contributed by atoms with E-state index >= 15 is 0 Å². The Morgan fingerprint density at radius 2 is 2.00 bits per heavy atom. The Morgan fingerprint density at radius 1 is 1.23 bits per heavy atom. The zero-order valence-corrected chi connectivity index (χ0v) is 7.20. The van der Waals surface area contributed by atoms with E-state index in [4.69, 9.17) is 15.3 Å². The number of aliphatic hydroxyl groups is 3. The number of rotatable bonds is 3. The maximum absolute atomic E-state index is 8.99. The van der Waals surface area contributed by atoms with Crippen molar-refractivity contribution < 1.29 is 15.3 Å². The van der Waals surface area contributed by atoms with Crippen molar-refractivity contribution in [3.05, 3.63) is 12.2 Å². The molecular weight excluding hydrogens is 168 g/mol. The Bertz CT molecular complexity index is 259. The van der Waals surface area contributed by atoms with Gasteiger partial charge < -0.3 is 15.3 Å². The maximum Gasteiger partial charge on any atom is 0.117 e. The van der Waals surface area contributed by atoms with Gasteiger partial charge in [-0.05, 0) is 17.9 Å². The van der Waals surface area contributed by atoms with E-state index in [1.54, 1.807) is 0 Å². The zero-order chi connectivity index (χ0) is 9.94. The lowest BCUT2D eigenvalue weighted by atomic mass is 10.3. The van der Waals surface area contributed by atoms with Gasteiger partial charge in [-0.1, -0.05) is 17.9 Å². The fraction of sp³-hybridized carbons (Fsp3) is 0.400. The molecule has 0 aliphatic carbocycles. The van der Waals surface area contributed by atoms with E-state index < -0.39 is 6.10 Å². The van der Waals surface area contributed by atoms with Gasteiger partial charge in [-0.2, -0.15) is 0 Å². The van der Waals surface area contributed by atoms with Crippen molar-refractivity contribution in [2.75, 3.05) is 13.2 Å². The van der Waals surface area contributed by atoms with Gasteiger partial charge in [-0.3, -0.25) is 0 Å². The second kappa shape index (κ2) is 8.83. The molecule has 1 atom stereocenters. The van der Waals surface area contributed by atoms with Gasteiger partial charge in [0.15, 0.2) is 0 Å². The molecule has 0 saturated carbocycles. The predicted octanol–water partition coefficient (Wildman–Crippen LogP) is -0.715. The van der Waals surface area contributed by atoms with Gasteiger partial charge in [0.1, 0.15) is 6.10 Å². The molecule has 0 bridgehead atoms. The molecule has 0 aromatic carbocycles. The van der Waals surface area contributed by atoms with Crippen molar-refractivity contribution >= 4 is 0 Å². The van der Waals surface area contributed by atoms with Gasteiger partial charge in [0.2, 0.25) is 0 Å². The molecule has 0 aromatic rings. The predicted molar refractivity (Wildman–Crippen MR) is 49.5 cm³/mol. The summed E-state index contributed by atoms with van der Waals surface area (Å²) in [6, 6.07) is 0. The van der Waals surface area contributed by atoms with Gasteiger partial charge in [-0.25, -0.2) is 0 Å². The summed E-state index contributed by atoms with van der Waals surface area (Å²) in [5, 5.41) is 25.7. The van der Waals surface area contributed by atoms with Crippen LogP contribution >= 0.6 is 0 Å². The monoisotopic (exact) mass is 180 g/mol. The van der Waals surface area contributed by atoms with Crippen LogP contribution in [0.25, 0.3) is 0 Å². The smallest absolute Gasteiger partial charge is 0.117 e. The molecule has 3 heteroatoms. The minimum Gasteiger partial charge on any atom is -0.396 e. The third-order valence-corrected chi connectivity index (χ3v) is 1.08. The highest BCUT2D eigenvalue weighted by Gasteiger charge is 1.94. The molecule has 0 heterocycles. The van der Waals surface area contributed by atoms with Crippen molar-refractivity contribution in [1.29, 1.82) is 0 Å². The van der Waals surface area contributed by atoms with Gasteiger partial charge in [-0.15, -0.1) is 0 Å². The first kappa shape index (κ1) is 11.7. The first-order chi connectivity index (χ1) is 6.31. The summed E-state index contributed by atoms with van der Waals surface area (Å²) in [6.07, 6.45) is 2.38. The van der Waals surface area contributed by atoms with Crippen LogP contribution in [-0.4, -0.2) is 34.6 Å². The average molecular weight is 180 g/mol. The highest BCUT2D eigenvalue weighted by atomic mass is 16.3. The van der Waals surface area contributed by atoms with Gasteiger partial charge >= 0.3 is 0 Å². The molecule has 0 aliphatic heterocycles. The summed E-state index contributed by atoms with van der Waals surface area (Å²) in [7, 11) is 0. The standard InChI is InChI=1S/C10H12O3/c11-8-5-3-1-2-4-6-10(13)7-9-12/h3,5,10-13H,7-9H2/b5-3+/t10-/m0/s1. The Balaban J connectivity index is 3.81. The van der Waals surface area contributed by atoms with Crippen LogP contribution in [0.1, 0.15) is 6.42 Å². The quantitative estimate of drug-likeness (QED) is 0.502. The minimum absolute atomic E-state index is 0.0464. The molecule has 13 heavy (non-hydrogen) atoms. The van der Waals surface area contributed by atoms with Crippen LogP contribution in [0.4, 0.5) is 0 Å². The number of allylic oxidation sites excluding steroid dienone is 1. The van der Waals surface area contributed by atoms with E-state index in [1.807, 2.05) is 0 Å². The number of hydrogen-bond donors (Lipinski definition) is 3.